The van der Waals surface area contributed by atoms with Gasteiger partial charge in [0.2, 0.25) is 5.91 Å². The maximum absolute atomic E-state index is 12.2. The minimum Gasteiger partial charge on any atom is -0.468 e. The number of halogens is 1. The van der Waals surface area contributed by atoms with E-state index in [1.54, 1.807) is 24.5 Å². The SMILES string of the molecule is O=C(CNC(=O)c1ccccc1Br)NC[C@H](c1ccco1)N1CCCCC1. The first-order valence-corrected chi connectivity index (χ1v) is 10.0. The number of nitrogens with one attached hydrogen (secondary N) is 2. The summed E-state index contributed by atoms with van der Waals surface area (Å²) in [4.78, 5) is 26.8. The summed E-state index contributed by atoms with van der Waals surface area (Å²) >= 11 is 3.34. The Morgan fingerprint density at radius 2 is 1.85 bits per heavy atom. The molecule has 27 heavy (non-hydrogen) atoms. The number of nitrogens with zero attached hydrogens (tertiary/aromatic N) is 1. The molecule has 2 aromatic rings. The van der Waals surface area contributed by atoms with E-state index in [9.17, 15) is 9.59 Å². The molecule has 2 amide bonds. The van der Waals surface area contributed by atoms with Crippen LogP contribution in [0.5, 0.6) is 0 Å². The Morgan fingerprint density at radius 1 is 1.07 bits per heavy atom. The fourth-order valence-electron chi connectivity index (χ4n) is 3.29. The minimum absolute atomic E-state index is 0.0169. The molecule has 1 aromatic heterocycles. The second kappa shape index (κ2) is 9.71. The van der Waals surface area contributed by atoms with Crippen LogP contribution in [-0.4, -0.2) is 42.9 Å². The van der Waals surface area contributed by atoms with Crippen molar-refractivity contribution in [2.75, 3.05) is 26.2 Å². The number of carbonyl (C=O) groups is 2. The van der Waals surface area contributed by atoms with Crippen molar-refractivity contribution in [3.8, 4) is 0 Å². The van der Waals surface area contributed by atoms with Crippen molar-refractivity contribution >= 4 is 27.7 Å². The second-order valence-electron chi connectivity index (χ2n) is 6.59. The van der Waals surface area contributed by atoms with Crippen LogP contribution in [0.15, 0.2) is 51.6 Å². The van der Waals surface area contributed by atoms with Gasteiger partial charge in [0.15, 0.2) is 0 Å². The van der Waals surface area contributed by atoms with Gasteiger partial charge in [-0.3, -0.25) is 14.5 Å². The Morgan fingerprint density at radius 3 is 2.56 bits per heavy atom. The molecule has 0 spiro atoms. The lowest BCUT2D eigenvalue weighted by atomic mass is 10.1. The molecule has 6 nitrogen and oxygen atoms in total. The topological polar surface area (TPSA) is 74.6 Å². The minimum atomic E-state index is -0.281. The number of likely N-dealkylation sites (tertiary alicyclic amines) is 1. The molecule has 3 rings (SSSR count). The van der Waals surface area contributed by atoms with Gasteiger partial charge in [-0.05, 0) is 66.1 Å². The number of hydrogen-bond acceptors (Lipinski definition) is 4. The van der Waals surface area contributed by atoms with Crippen LogP contribution in [-0.2, 0) is 4.79 Å². The molecule has 0 radical (unpaired) electrons. The van der Waals surface area contributed by atoms with E-state index < -0.39 is 0 Å². The number of rotatable bonds is 7. The summed E-state index contributed by atoms with van der Waals surface area (Å²) in [5, 5.41) is 5.58. The number of amides is 2. The van der Waals surface area contributed by atoms with E-state index in [-0.39, 0.29) is 24.4 Å². The largest absolute Gasteiger partial charge is 0.468 e. The van der Waals surface area contributed by atoms with Crippen molar-refractivity contribution in [2.45, 2.75) is 25.3 Å². The van der Waals surface area contributed by atoms with E-state index in [4.69, 9.17) is 4.42 Å². The van der Waals surface area contributed by atoms with Crippen molar-refractivity contribution in [3.05, 3.63) is 58.5 Å². The van der Waals surface area contributed by atoms with Gasteiger partial charge in [0.25, 0.3) is 5.91 Å². The third kappa shape index (κ3) is 5.43. The van der Waals surface area contributed by atoms with Gasteiger partial charge in [0.05, 0.1) is 24.4 Å². The quantitative estimate of drug-likeness (QED) is 0.703. The lowest BCUT2D eigenvalue weighted by Crippen LogP contribution is -2.43. The highest BCUT2D eigenvalue weighted by atomic mass is 79.9. The highest BCUT2D eigenvalue weighted by molar-refractivity contribution is 9.10. The molecule has 2 N–H and O–H groups in total. The fourth-order valence-corrected chi connectivity index (χ4v) is 3.76. The predicted molar refractivity (Wildman–Crippen MR) is 106 cm³/mol. The zero-order valence-corrected chi connectivity index (χ0v) is 16.7. The van der Waals surface area contributed by atoms with Crippen LogP contribution in [0, 0.1) is 0 Å². The normalized spacial score (nSPS) is 15.9. The molecule has 0 bridgehead atoms. The van der Waals surface area contributed by atoms with Crippen molar-refractivity contribution < 1.29 is 14.0 Å². The first kappa shape index (κ1) is 19.6. The molecule has 2 heterocycles. The number of benzene rings is 1. The lowest BCUT2D eigenvalue weighted by Gasteiger charge is -2.33. The van der Waals surface area contributed by atoms with Gasteiger partial charge in [0.1, 0.15) is 5.76 Å². The average molecular weight is 434 g/mol. The van der Waals surface area contributed by atoms with Crippen LogP contribution in [0.3, 0.4) is 0 Å². The number of furan rings is 1. The number of piperidine rings is 1. The van der Waals surface area contributed by atoms with Gasteiger partial charge in [-0.15, -0.1) is 0 Å². The summed E-state index contributed by atoms with van der Waals surface area (Å²) < 4.78 is 6.28. The maximum atomic E-state index is 12.2. The summed E-state index contributed by atoms with van der Waals surface area (Å²) in [6.45, 7) is 2.39. The first-order valence-electron chi connectivity index (χ1n) is 9.22. The molecule has 1 aliphatic heterocycles. The molecule has 0 aliphatic carbocycles. The molecule has 1 aliphatic rings. The summed E-state index contributed by atoms with van der Waals surface area (Å²) in [6.07, 6.45) is 5.22. The molecule has 1 saturated heterocycles. The Labute approximate surface area is 167 Å². The molecule has 0 saturated carbocycles. The molecule has 1 aromatic carbocycles. The zero-order valence-electron chi connectivity index (χ0n) is 15.1. The van der Waals surface area contributed by atoms with E-state index in [0.29, 0.717) is 16.6 Å². The molecular weight excluding hydrogens is 410 g/mol. The van der Waals surface area contributed by atoms with Gasteiger partial charge in [0, 0.05) is 11.0 Å². The van der Waals surface area contributed by atoms with E-state index in [0.717, 1.165) is 31.7 Å². The first-order chi connectivity index (χ1) is 13.1. The van der Waals surface area contributed by atoms with Crippen LogP contribution >= 0.6 is 15.9 Å². The Balaban J connectivity index is 1.52. The highest BCUT2D eigenvalue weighted by Crippen LogP contribution is 2.24. The van der Waals surface area contributed by atoms with Gasteiger partial charge in [-0.2, -0.15) is 0 Å². The van der Waals surface area contributed by atoms with Gasteiger partial charge in [-0.1, -0.05) is 18.6 Å². The Hall–Kier alpha value is -2.12. The van der Waals surface area contributed by atoms with Crippen molar-refractivity contribution in [3.63, 3.8) is 0 Å². The zero-order chi connectivity index (χ0) is 19.1. The molecule has 0 unspecified atom stereocenters. The Bertz CT molecular complexity index is 758. The van der Waals surface area contributed by atoms with E-state index >= 15 is 0 Å². The molecule has 1 fully saturated rings. The van der Waals surface area contributed by atoms with Gasteiger partial charge in [-0.25, -0.2) is 0 Å². The summed E-state index contributed by atoms with van der Waals surface area (Å²) in [7, 11) is 0. The third-order valence-electron chi connectivity index (χ3n) is 4.72. The van der Waals surface area contributed by atoms with Crippen molar-refractivity contribution in [1.82, 2.24) is 15.5 Å². The highest BCUT2D eigenvalue weighted by Gasteiger charge is 2.25. The van der Waals surface area contributed by atoms with E-state index in [2.05, 4.69) is 31.5 Å². The number of carbonyl (C=O) groups excluding carboxylic acids is 2. The molecular formula is C20H24BrN3O3. The smallest absolute Gasteiger partial charge is 0.252 e. The van der Waals surface area contributed by atoms with Gasteiger partial charge < -0.3 is 15.1 Å². The maximum Gasteiger partial charge on any atom is 0.252 e. The van der Waals surface area contributed by atoms with Crippen LogP contribution < -0.4 is 10.6 Å². The van der Waals surface area contributed by atoms with Crippen LogP contribution in [0.2, 0.25) is 0 Å². The van der Waals surface area contributed by atoms with E-state index in [1.807, 2.05) is 18.2 Å². The monoisotopic (exact) mass is 433 g/mol. The van der Waals surface area contributed by atoms with Crippen LogP contribution in [0.4, 0.5) is 0 Å². The van der Waals surface area contributed by atoms with E-state index in [1.165, 1.54) is 6.42 Å². The summed E-state index contributed by atoms with van der Waals surface area (Å²) in [5.41, 5.74) is 0.507. The molecule has 1 atom stereocenters. The number of hydrogen-bond donors (Lipinski definition) is 2. The van der Waals surface area contributed by atoms with Crippen molar-refractivity contribution in [2.24, 2.45) is 0 Å². The van der Waals surface area contributed by atoms with Crippen LogP contribution in [0.25, 0.3) is 0 Å². The third-order valence-corrected chi connectivity index (χ3v) is 5.42. The average Bonchev–Trinajstić information content (AvgIpc) is 3.22. The second-order valence-corrected chi connectivity index (χ2v) is 7.45. The molecule has 7 heteroatoms. The predicted octanol–water partition coefficient (Wildman–Crippen LogP) is 3.12. The van der Waals surface area contributed by atoms with Crippen LogP contribution in [0.1, 0.15) is 41.4 Å². The standard InChI is InChI=1S/C20H24BrN3O3/c21-16-8-3-2-7-15(16)20(26)23-14-19(25)22-13-17(18-9-6-12-27-18)24-10-4-1-5-11-24/h2-3,6-9,12,17H,1,4-5,10-11,13-14H2,(H,22,25)(H,23,26)/t17-/m1/s1. The summed E-state index contributed by atoms with van der Waals surface area (Å²) in [6, 6.07) is 11.0. The lowest BCUT2D eigenvalue weighted by molar-refractivity contribution is -0.120. The molecule has 144 valence electrons. The van der Waals surface area contributed by atoms with Crippen molar-refractivity contribution in [1.29, 1.82) is 0 Å². The van der Waals surface area contributed by atoms with Gasteiger partial charge >= 0.3 is 0 Å². The fraction of sp³-hybridized carbons (Fsp3) is 0.400. The Kier molecular flexibility index (Phi) is 7.06. The summed E-state index contributed by atoms with van der Waals surface area (Å²) in [5.74, 6) is 0.356.